The van der Waals surface area contributed by atoms with Crippen molar-refractivity contribution < 1.29 is 9.90 Å². The second-order valence-electron chi connectivity index (χ2n) is 5.31. The Bertz CT molecular complexity index is 1040. The van der Waals surface area contributed by atoms with Gasteiger partial charge < -0.3 is 5.11 Å². The van der Waals surface area contributed by atoms with E-state index in [0.717, 1.165) is 10.4 Å². The second kappa shape index (κ2) is 6.58. The van der Waals surface area contributed by atoms with Gasteiger partial charge in [0.25, 0.3) is 0 Å². The van der Waals surface area contributed by atoms with Crippen LogP contribution < -0.4 is 0 Å². The van der Waals surface area contributed by atoms with Crippen molar-refractivity contribution in [3.8, 4) is 31.6 Å². The van der Waals surface area contributed by atoms with Gasteiger partial charge >= 0.3 is 5.97 Å². The van der Waals surface area contributed by atoms with E-state index < -0.39 is 5.97 Å². The van der Waals surface area contributed by atoms with Crippen molar-refractivity contribution in [2.45, 2.75) is 0 Å². The summed E-state index contributed by atoms with van der Waals surface area (Å²) in [4.78, 5) is 23.4. The highest BCUT2D eigenvalue weighted by Gasteiger charge is 2.10. The molecule has 4 nitrogen and oxygen atoms in total. The van der Waals surface area contributed by atoms with E-state index in [-0.39, 0.29) is 5.56 Å². The third-order valence-corrected chi connectivity index (χ3v) is 5.88. The number of aromatic carboxylic acids is 1. The average Bonchev–Trinajstić information content (AvgIpc) is 3.33. The molecule has 0 bridgehead atoms. The van der Waals surface area contributed by atoms with Crippen molar-refractivity contribution in [1.82, 2.24) is 9.97 Å². The predicted molar refractivity (Wildman–Crippen MR) is 101 cm³/mol. The van der Waals surface area contributed by atoms with Crippen molar-refractivity contribution in [1.29, 1.82) is 0 Å². The maximum atomic E-state index is 11.1. The number of carboxylic acid groups (broad SMARTS) is 1. The lowest BCUT2D eigenvalue weighted by atomic mass is 10.1. The van der Waals surface area contributed by atoms with E-state index in [4.69, 9.17) is 5.11 Å². The van der Waals surface area contributed by atoms with Gasteiger partial charge in [0.05, 0.1) is 17.0 Å². The van der Waals surface area contributed by atoms with Gasteiger partial charge in [-0.25, -0.2) is 4.79 Å². The number of aromatic nitrogens is 2. The molecule has 0 saturated carbocycles. The van der Waals surface area contributed by atoms with Crippen LogP contribution in [0.3, 0.4) is 0 Å². The van der Waals surface area contributed by atoms with Gasteiger partial charge in [-0.2, -0.15) is 0 Å². The number of carbonyl (C=O) groups is 1. The number of carboxylic acids is 1. The SMILES string of the molecule is O=C(O)c1ccnc(-c2cc(-c3ccc(-c4cccs4)s3)ccn2)c1. The van der Waals surface area contributed by atoms with E-state index in [1.54, 1.807) is 34.9 Å². The molecule has 1 N–H and O–H groups in total. The molecule has 0 spiro atoms. The van der Waals surface area contributed by atoms with Crippen molar-refractivity contribution >= 4 is 28.6 Å². The molecule has 4 rings (SSSR count). The average molecular weight is 364 g/mol. The first-order chi connectivity index (χ1) is 12.2. The summed E-state index contributed by atoms with van der Waals surface area (Å²) in [5, 5.41) is 11.2. The number of nitrogens with zero attached hydrogens (tertiary/aromatic N) is 2. The van der Waals surface area contributed by atoms with Crippen LogP contribution in [-0.2, 0) is 0 Å². The first-order valence-electron chi connectivity index (χ1n) is 7.50. The molecule has 4 aromatic rings. The standard InChI is InChI=1S/C19H12N2O2S2/c22-19(23)13-6-8-21-15(11-13)14-10-12(5-7-20-14)16-3-4-18(25-16)17-2-1-9-24-17/h1-11H,(H,22,23). The van der Waals surface area contributed by atoms with E-state index >= 15 is 0 Å². The lowest BCUT2D eigenvalue weighted by molar-refractivity contribution is 0.0697. The topological polar surface area (TPSA) is 63.1 Å². The van der Waals surface area contributed by atoms with E-state index in [0.29, 0.717) is 11.4 Å². The number of hydrogen-bond acceptors (Lipinski definition) is 5. The molecule has 0 amide bonds. The largest absolute Gasteiger partial charge is 0.478 e. The summed E-state index contributed by atoms with van der Waals surface area (Å²) in [6.45, 7) is 0. The van der Waals surface area contributed by atoms with Crippen LogP contribution in [0.4, 0.5) is 0 Å². The normalized spacial score (nSPS) is 10.7. The summed E-state index contributed by atoms with van der Waals surface area (Å²) < 4.78 is 0. The zero-order chi connectivity index (χ0) is 17.2. The summed E-state index contributed by atoms with van der Waals surface area (Å²) in [7, 11) is 0. The molecule has 25 heavy (non-hydrogen) atoms. The Kier molecular flexibility index (Phi) is 4.13. The lowest BCUT2D eigenvalue weighted by Crippen LogP contribution is -1.97. The second-order valence-corrected chi connectivity index (χ2v) is 7.34. The maximum absolute atomic E-state index is 11.1. The zero-order valence-corrected chi connectivity index (χ0v) is 14.6. The Morgan fingerprint density at radius 1 is 0.880 bits per heavy atom. The Labute approximate surface area is 152 Å². The van der Waals surface area contributed by atoms with Gasteiger partial charge in [0.1, 0.15) is 0 Å². The van der Waals surface area contributed by atoms with E-state index in [1.807, 2.05) is 18.2 Å². The molecule has 6 heteroatoms. The van der Waals surface area contributed by atoms with Crippen LogP contribution in [0.5, 0.6) is 0 Å². The fourth-order valence-corrected chi connectivity index (χ4v) is 4.31. The number of hydrogen-bond donors (Lipinski definition) is 1. The first kappa shape index (κ1) is 15.7. The highest BCUT2D eigenvalue weighted by Crippen LogP contribution is 2.37. The van der Waals surface area contributed by atoms with Gasteiger partial charge in [0, 0.05) is 27.0 Å². The smallest absolute Gasteiger partial charge is 0.335 e. The third-order valence-electron chi connectivity index (χ3n) is 3.68. The minimum Gasteiger partial charge on any atom is -0.478 e. The van der Waals surface area contributed by atoms with Gasteiger partial charge in [-0.1, -0.05) is 6.07 Å². The lowest BCUT2D eigenvalue weighted by Gasteiger charge is -2.04. The molecule has 4 heterocycles. The van der Waals surface area contributed by atoms with Crippen LogP contribution in [-0.4, -0.2) is 21.0 Å². The van der Waals surface area contributed by atoms with Crippen LogP contribution in [0.1, 0.15) is 10.4 Å². The van der Waals surface area contributed by atoms with Crippen LogP contribution in [0.25, 0.3) is 31.6 Å². The fourth-order valence-electron chi connectivity index (χ4n) is 2.47. The minimum absolute atomic E-state index is 0.202. The molecule has 0 aliphatic rings. The Morgan fingerprint density at radius 2 is 1.64 bits per heavy atom. The molecule has 0 aliphatic carbocycles. The Hall–Kier alpha value is -2.83. The van der Waals surface area contributed by atoms with E-state index in [9.17, 15) is 4.79 Å². The number of pyridine rings is 2. The quantitative estimate of drug-likeness (QED) is 0.534. The highest BCUT2D eigenvalue weighted by molar-refractivity contribution is 7.23. The van der Waals surface area contributed by atoms with Crippen LogP contribution in [0.2, 0.25) is 0 Å². The van der Waals surface area contributed by atoms with Crippen molar-refractivity contribution in [2.75, 3.05) is 0 Å². The molecule has 0 fully saturated rings. The van der Waals surface area contributed by atoms with E-state index in [2.05, 4.69) is 33.5 Å². The minimum atomic E-state index is -0.973. The molecular weight excluding hydrogens is 352 g/mol. The zero-order valence-electron chi connectivity index (χ0n) is 12.9. The molecular formula is C19H12N2O2S2. The molecule has 0 atom stereocenters. The summed E-state index contributed by atoms with van der Waals surface area (Å²) >= 11 is 3.45. The van der Waals surface area contributed by atoms with Crippen molar-refractivity contribution in [3.05, 3.63) is 71.9 Å². The molecule has 4 aromatic heterocycles. The van der Waals surface area contributed by atoms with Gasteiger partial charge in [0.15, 0.2) is 0 Å². The number of rotatable bonds is 4. The van der Waals surface area contributed by atoms with Gasteiger partial charge in [0.2, 0.25) is 0 Å². The van der Waals surface area contributed by atoms with Crippen molar-refractivity contribution in [2.24, 2.45) is 0 Å². The summed E-state index contributed by atoms with van der Waals surface area (Å²) in [6, 6.07) is 15.3. The first-order valence-corrected chi connectivity index (χ1v) is 9.20. The maximum Gasteiger partial charge on any atom is 0.335 e. The highest BCUT2D eigenvalue weighted by atomic mass is 32.1. The molecule has 122 valence electrons. The molecule has 0 aliphatic heterocycles. The van der Waals surface area contributed by atoms with E-state index in [1.165, 1.54) is 22.0 Å². The fraction of sp³-hybridized carbons (Fsp3) is 0. The van der Waals surface area contributed by atoms with Gasteiger partial charge in [-0.15, -0.1) is 22.7 Å². The van der Waals surface area contributed by atoms with Gasteiger partial charge in [-0.05, 0) is 53.4 Å². The number of thiophene rings is 2. The third kappa shape index (κ3) is 3.22. The van der Waals surface area contributed by atoms with Crippen molar-refractivity contribution in [3.63, 3.8) is 0 Å². The molecule has 0 aromatic carbocycles. The monoisotopic (exact) mass is 364 g/mol. The Morgan fingerprint density at radius 3 is 2.40 bits per heavy atom. The van der Waals surface area contributed by atoms with Gasteiger partial charge in [-0.3, -0.25) is 9.97 Å². The Balaban J connectivity index is 1.70. The van der Waals surface area contributed by atoms with Crippen LogP contribution >= 0.6 is 22.7 Å². The summed E-state index contributed by atoms with van der Waals surface area (Å²) in [6.07, 6.45) is 3.22. The predicted octanol–water partition coefficient (Wildman–Crippen LogP) is 5.30. The van der Waals surface area contributed by atoms with Crippen LogP contribution in [0.15, 0.2) is 66.3 Å². The molecule has 0 unspecified atom stereocenters. The molecule has 0 radical (unpaired) electrons. The van der Waals surface area contributed by atoms with Crippen LogP contribution in [0, 0.1) is 0 Å². The summed E-state index contributed by atoms with van der Waals surface area (Å²) in [5.41, 5.74) is 2.46. The molecule has 0 saturated heterocycles. The summed E-state index contributed by atoms with van der Waals surface area (Å²) in [5.74, 6) is -0.973.